The van der Waals surface area contributed by atoms with Gasteiger partial charge in [0, 0.05) is 36.3 Å². The predicted octanol–water partition coefficient (Wildman–Crippen LogP) is 5.36. The van der Waals surface area contributed by atoms with Gasteiger partial charge in [0.2, 0.25) is 0 Å². The quantitative estimate of drug-likeness (QED) is 0.338. The van der Waals surface area contributed by atoms with Crippen molar-refractivity contribution in [2.75, 3.05) is 13.1 Å². The number of aromatic amines is 2. The number of benzene rings is 1. The minimum Gasteiger partial charge on any atom is -0.336 e. The molecule has 1 aromatic carbocycles. The van der Waals surface area contributed by atoms with Crippen molar-refractivity contribution in [1.82, 2.24) is 40.0 Å². The highest BCUT2D eigenvalue weighted by molar-refractivity contribution is 5.95. The number of hydrogen-bond donors (Lipinski definition) is 2. The molecule has 0 atom stereocenters. The first-order chi connectivity index (χ1) is 18.2. The number of imidazole rings is 1. The Morgan fingerprint density at radius 1 is 0.892 bits per heavy atom. The number of aromatic nitrogens is 7. The molecule has 0 aliphatic carbocycles. The fourth-order valence-corrected chi connectivity index (χ4v) is 5.04. The van der Waals surface area contributed by atoms with E-state index in [9.17, 15) is 4.39 Å². The summed E-state index contributed by atoms with van der Waals surface area (Å²) in [5, 5.41) is 7.56. The van der Waals surface area contributed by atoms with E-state index in [0.717, 1.165) is 41.9 Å². The summed E-state index contributed by atoms with van der Waals surface area (Å²) >= 11 is 0. The van der Waals surface area contributed by atoms with Crippen LogP contribution in [0.1, 0.15) is 18.4 Å². The third-order valence-corrected chi connectivity index (χ3v) is 6.86. The van der Waals surface area contributed by atoms with Crippen LogP contribution in [0.15, 0.2) is 67.1 Å². The molecule has 0 unspecified atom stereocenters. The number of nitrogens with one attached hydrogen (secondary N) is 2. The number of halogens is 1. The zero-order valence-electron chi connectivity index (χ0n) is 19.9. The number of rotatable bonds is 5. The van der Waals surface area contributed by atoms with E-state index < -0.39 is 0 Å². The lowest BCUT2D eigenvalue weighted by Gasteiger charge is -2.14. The molecule has 5 aromatic heterocycles. The Balaban J connectivity index is 1.29. The fraction of sp³-hybridized carbons (Fsp3) is 0.179. The number of H-pyrrole nitrogens is 2. The summed E-state index contributed by atoms with van der Waals surface area (Å²) < 4.78 is 14.5. The van der Waals surface area contributed by atoms with Gasteiger partial charge < -0.3 is 4.98 Å². The zero-order chi connectivity index (χ0) is 24.8. The van der Waals surface area contributed by atoms with Crippen LogP contribution in [0, 0.1) is 5.82 Å². The molecule has 0 bridgehead atoms. The van der Waals surface area contributed by atoms with Gasteiger partial charge in [-0.3, -0.25) is 20.0 Å². The second-order valence-corrected chi connectivity index (χ2v) is 9.35. The third-order valence-electron chi connectivity index (χ3n) is 6.86. The lowest BCUT2D eigenvalue weighted by molar-refractivity contribution is 0.331. The molecule has 9 heteroatoms. The molecule has 7 rings (SSSR count). The van der Waals surface area contributed by atoms with Crippen molar-refractivity contribution in [2.45, 2.75) is 19.4 Å². The number of pyridine rings is 3. The molecule has 0 saturated carbocycles. The van der Waals surface area contributed by atoms with Crippen LogP contribution in [-0.4, -0.2) is 53.1 Å². The normalized spacial score (nSPS) is 14.2. The average molecular weight is 491 g/mol. The molecule has 6 aromatic rings. The SMILES string of the molecule is Fc1ccccc1-c1nccc2[nH]c(-c3n[nH]c4ccc(-c5cncc(CN6CCCC6)c5)nc34)nc12. The van der Waals surface area contributed by atoms with Crippen LogP contribution in [0.4, 0.5) is 4.39 Å². The second-order valence-electron chi connectivity index (χ2n) is 9.35. The van der Waals surface area contributed by atoms with Crippen LogP contribution >= 0.6 is 0 Å². The Morgan fingerprint density at radius 3 is 2.65 bits per heavy atom. The van der Waals surface area contributed by atoms with E-state index in [1.807, 2.05) is 30.6 Å². The zero-order valence-corrected chi connectivity index (χ0v) is 19.9. The van der Waals surface area contributed by atoms with Crippen molar-refractivity contribution in [3.63, 3.8) is 0 Å². The molecule has 1 saturated heterocycles. The number of likely N-dealkylation sites (tertiary alicyclic amines) is 1. The van der Waals surface area contributed by atoms with Crippen molar-refractivity contribution in [1.29, 1.82) is 0 Å². The minimum atomic E-state index is -0.343. The summed E-state index contributed by atoms with van der Waals surface area (Å²) in [7, 11) is 0. The van der Waals surface area contributed by atoms with Crippen LogP contribution in [0.3, 0.4) is 0 Å². The Morgan fingerprint density at radius 2 is 1.76 bits per heavy atom. The molecule has 0 radical (unpaired) electrons. The number of fused-ring (bicyclic) bond motifs is 2. The smallest absolute Gasteiger partial charge is 0.161 e. The Hall–Kier alpha value is -4.50. The molecule has 2 N–H and O–H groups in total. The minimum absolute atomic E-state index is 0.343. The highest BCUT2D eigenvalue weighted by Gasteiger charge is 2.19. The molecule has 8 nitrogen and oxygen atoms in total. The van der Waals surface area contributed by atoms with E-state index in [-0.39, 0.29) is 5.82 Å². The largest absolute Gasteiger partial charge is 0.336 e. The van der Waals surface area contributed by atoms with Crippen LogP contribution in [0.5, 0.6) is 0 Å². The van der Waals surface area contributed by atoms with Gasteiger partial charge in [0.1, 0.15) is 22.5 Å². The molecule has 1 fully saturated rings. The summed E-state index contributed by atoms with van der Waals surface area (Å²) in [4.78, 5) is 24.4. The van der Waals surface area contributed by atoms with Crippen LogP contribution in [0.2, 0.25) is 0 Å². The maximum atomic E-state index is 14.5. The van der Waals surface area contributed by atoms with Gasteiger partial charge in [-0.1, -0.05) is 12.1 Å². The Bertz CT molecular complexity index is 1750. The van der Waals surface area contributed by atoms with Crippen molar-refractivity contribution in [3.05, 3.63) is 78.5 Å². The first-order valence-corrected chi connectivity index (χ1v) is 12.3. The predicted molar refractivity (Wildman–Crippen MR) is 140 cm³/mol. The van der Waals surface area contributed by atoms with E-state index >= 15 is 0 Å². The van der Waals surface area contributed by atoms with Gasteiger partial charge in [0.05, 0.1) is 16.7 Å². The molecular formula is C28H23FN8. The lowest BCUT2D eigenvalue weighted by atomic mass is 10.1. The van der Waals surface area contributed by atoms with Crippen LogP contribution < -0.4 is 0 Å². The molecule has 6 heterocycles. The van der Waals surface area contributed by atoms with E-state index in [2.05, 4.69) is 36.1 Å². The first-order valence-electron chi connectivity index (χ1n) is 12.3. The maximum Gasteiger partial charge on any atom is 0.161 e. The summed E-state index contributed by atoms with van der Waals surface area (Å²) in [6, 6.07) is 14.5. The highest BCUT2D eigenvalue weighted by Crippen LogP contribution is 2.31. The van der Waals surface area contributed by atoms with Crippen molar-refractivity contribution >= 4 is 22.1 Å². The van der Waals surface area contributed by atoms with Crippen molar-refractivity contribution in [3.8, 4) is 34.0 Å². The lowest BCUT2D eigenvalue weighted by Crippen LogP contribution is -2.18. The summed E-state index contributed by atoms with van der Waals surface area (Å²) in [6.45, 7) is 3.17. The number of nitrogens with zero attached hydrogens (tertiary/aromatic N) is 6. The van der Waals surface area contributed by atoms with Crippen molar-refractivity contribution < 1.29 is 4.39 Å². The topological polar surface area (TPSA) is 99.3 Å². The van der Waals surface area contributed by atoms with Crippen LogP contribution in [0.25, 0.3) is 56.1 Å². The maximum absolute atomic E-state index is 14.5. The molecule has 0 spiro atoms. The van der Waals surface area contributed by atoms with Gasteiger partial charge >= 0.3 is 0 Å². The summed E-state index contributed by atoms with van der Waals surface area (Å²) in [5.41, 5.74) is 7.25. The molecule has 0 amide bonds. The van der Waals surface area contributed by atoms with Gasteiger partial charge in [-0.05, 0) is 67.9 Å². The standard InChI is InChI=1S/C28H23FN8/c29-20-6-2-1-5-19(20)24-25-22(9-10-31-24)33-28(34-25)27-26-23(35-36-27)8-7-21(32-26)18-13-17(14-30-15-18)16-37-11-3-4-12-37/h1-2,5-10,13-15H,3-4,11-12,16H2,(H,33,34)(H,35,36). The highest BCUT2D eigenvalue weighted by atomic mass is 19.1. The van der Waals surface area contributed by atoms with Gasteiger partial charge in [0.25, 0.3) is 0 Å². The first kappa shape index (κ1) is 21.8. The second kappa shape index (κ2) is 8.86. The van der Waals surface area contributed by atoms with E-state index in [0.29, 0.717) is 33.8 Å². The van der Waals surface area contributed by atoms with E-state index in [1.165, 1.54) is 24.5 Å². The molecule has 1 aliphatic rings. The molecule has 1 aliphatic heterocycles. The summed E-state index contributed by atoms with van der Waals surface area (Å²) in [5.74, 6) is 0.196. The Kier molecular flexibility index (Phi) is 5.21. The van der Waals surface area contributed by atoms with Crippen LogP contribution in [-0.2, 0) is 6.54 Å². The van der Waals surface area contributed by atoms with Gasteiger partial charge in [-0.2, -0.15) is 5.10 Å². The molecule has 182 valence electrons. The van der Waals surface area contributed by atoms with Gasteiger partial charge in [-0.25, -0.2) is 14.4 Å². The third kappa shape index (κ3) is 3.93. The van der Waals surface area contributed by atoms with Gasteiger partial charge in [0.15, 0.2) is 11.5 Å². The van der Waals surface area contributed by atoms with Gasteiger partial charge in [-0.15, -0.1) is 0 Å². The average Bonchev–Trinajstić information content (AvgIpc) is 3.68. The number of hydrogen-bond acceptors (Lipinski definition) is 6. The Labute approximate surface area is 211 Å². The van der Waals surface area contributed by atoms with E-state index in [1.54, 1.807) is 24.4 Å². The van der Waals surface area contributed by atoms with Crippen molar-refractivity contribution in [2.24, 2.45) is 0 Å². The van der Waals surface area contributed by atoms with E-state index in [4.69, 9.17) is 9.97 Å². The summed E-state index contributed by atoms with van der Waals surface area (Å²) in [6.07, 6.45) is 7.93. The molecule has 37 heavy (non-hydrogen) atoms. The fourth-order valence-electron chi connectivity index (χ4n) is 5.04. The monoisotopic (exact) mass is 490 g/mol. The molecular weight excluding hydrogens is 467 g/mol.